The van der Waals surface area contributed by atoms with Gasteiger partial charge in [-0.05, 0) is 19.8 Å². The largest absolute Gasteiger partial charge is 0.310 e. The number of nitrogens with zero attached hydrogens (tertiary/aromatic N) is 2. The van der Waals surface area contributed by atoms with Crippen LogP contribution in [0.3, 0.4) is 0 Å². The Labute approximate surface area is 115 Å². The van der Waals surface area contributed by atoms with Crippen LogP contribution in [0.15, 0.2) is 16.2 Å². The Hall–Kier alpha value is -1.53. The third kappa shape index (κ3) is 3.48. The summed E-state index contributed by atoms with van der Waals surface area (Å²) in [7, 11) is 0. The third-order valence-electron chi connectivity index (χ3n) is 2.98. The molecule has 2 aromatic rings. The average molecular weight is 276 g/mol. The fourth-order valence-electron chi connectivity index (χ4n) is 1.90. The van der Waals surface area contributed by atoms with E-state index in [4.69, 9.17) is 0 Å². The fourth-order valence-corrected chi connectivity index (χ4v) is 2.68. The Morgan fingerprint density at radius 2 is 2.32 bits per heavy atom. The number of hydrogen-bond donors (Lipinski definition) is 2. The van der Waals surface area contributed by atoms with Crippen LogP contribution in [0.25, 0.3) is 0 Å². The van der Waals surface area contributed by atoms with E-state index in [1.54, 1.807) is 17.4 Å². The van der Waals surface area contributed by atoms with Gasteiger partial charge >= 0.3 is 0 Å². The summed E-state index contributed by atoms with van der Waals surface area (Å²) in [6.07, 6.45) is 3.05. The number of H-pyrrole nitrogens is 1. The normalized spacial score (nSPS) is 14.8. The monoisotopic (exact) mass is 276 g/mol. The summed E-state index contributed by atoms with van der Waals surface area (Å²) in [5, 5.41) is 6.35. The summed E-state index contributed by atoms with van der Waals surface area (Å²) in [4.78, 5) is 23.3. The highest BCUT2D eigenvalue weighted by molar-refractivity contribution is 7.09. The summed E-state index contributed by atoms with van der Waals surface area (Å²) in [6, 6.07) is 2.18. The van der Waals surface area contributed by atoms with Crippen molar-refractivity contribution in [2.45, 2.75) is 38.8 Å². The van der Waals surface area contributed by atoms with Gasteiger partial charge in [-0.25, -0.2) is 9.97 Å². The first kappa shape index (κ1) is 12.5. The maximum absolute atomic E-state index is 11.6. The highest BCUT2D eigenvalue weighted by Gasteiger charge is 2.20. The minimum absolute atomic E-state index is 0.0918. The predicted octanol–water partition coefficient (Wildman–Crippen LogP) is 1.38. The van der Waals surface area contributed by atoms with Gasteiger partial charge in [0.1, 0.15) is 10.8 Å². The van der Waals surface area contributed by atoms with E-state index in [9.17, 15) is 4.79 Å². The highest BCUT2D eigenvalue weighted by Crippen LogP contribution is 2.19. The van der Waals surface area contributed by atoms with E-state index < -0.39 is 0 Å². The summed E-state index contributed by atoms with van der Waals surface area (Å²) < 4.78 is 0. The molecule has 0 amide bonds. The molecule has 0 bridgehead atoms. The summed E-state index contributed by atoms with van der Waals surface area (Å²) >= 11 is 1.60. The first-order valence-electron chi connectivity index (χ1n) is 6.42. The van der Waals surface area contributed by atoms with Crippen LogP contribution in [-0.4, -0.2) is 21.0 Å². The topological polar surface area (TPSA) is 70.7 Å². The van der Waals surface area contributed by atoms with Crippen molar-refractivity contribution < 1.29 is 0 Å². The fraction of sp³-hybridized carbons (Fsp3) is 0.462. The van der Waals surface area contributed by atoms with Crippen LogP contribution in [0, 0.1) is 6.92 Å². The molecule has 100 valence electrons. The Morgan fingerprint density at radius 3 is 3.00 bits per heavy atom. The minimum atomic E-state index is -0.0918. The maximum Gasteiger partial charge on any atom is 0.251 e. The Balaban J connectivity index is 1.74. The van der Waals surface area contributed by atoms with Gasteiger partial charge in [-0.15, -0.1) is 11.3 Å². The molecule has 5 nitrogen and oxygen atoms in total. The zero-order valence-electron chi connectivity index (χ0n) is 10.8. The zero-order chi connectivity index (χ0) is 13.2. The summed E-state index contributed by atoms with van der Waals surface area (Å²) in [5.74, 6) is 0.689. The van der Waals surface area contributed by atoms with Crippen molar-refractivity contribution in [1.29, 1.82) is 0 Å². The zero-order valence-corrected chi connectivity index (χ0v) is 11.6. The van der Waals surface area contributed by atoms with Crippen LogP contribution < -0.4 is 10.9 Å². The second kappa shape index (κ2) is 5.22. The molecule has 0 unspecified atom stereocenters. The molecule has 19 heavy (non-hydrogen) atoms. The van der Waals surface area contributed by atoms with Crippen LogP contribution in [0.4, 0.5) is 0 Å². The lowest BCUT2D eigenvalue weighted by molar-refractivity contribution is 0.667. The molecule has 0 atom stereocenters. The van der Waals surface area contributed by atoms with Crippen molar-refractivity contribution in [2.75, 3.05) is 0 Å². The van der Waals surface area contributed by atoms with Gasteiger partial charge in [-0.2, -0.15) is 0 Å². The molecule has 0 aromatic carbocycles. The van der Waals surface area contributed by atoms with Gasteiger partial charge in [0.05, 0.1) is 12.1 Å². The first-order valence-corrected chi connectivity index (χ1v) is 7.30. The van der Waals surface area contributed by atoms with Gasteiger partial charge in [0.25, 0.3) is 5.56 Å². The van der Waals surface area contributed by atoms with Gasteiger partial charge in [-0.3, -0.25) is 4.79 Å². The first-order chi connectivity index (χ1) is 9.19. The molecule has 2 aromatic heterocycles. The van der Waals surface area contributed by atoms with Crippen molar-refractivity contribution >= 4 is 11.3 Å². The van der Waals surface area contributed by atoms with Crippen LogP contribution >= 0.6 is 11.3 Å². The van der Waals surface area contributed by atoms with Crippen molar-refractivity contribution in [1.82, 2.24) is 20.3 Å². The molecule has 1 aliphatic carbocycles. The smallest absolute Gasteiger partial charge is 0.251 e. The van der Waals surface area contributed by atoms with Crippen LogP contribution in [0.2, 0.25) is 0 Å². The molecule has 2 N–H and O–H groups in total. The lowest BCUT2D eigenvalue weighted by Gasteiger charge is -2.04. The van der Waals surface area contributed by atoms with Crippen LogP contribution in [0.5, 0.6) is 0 Å². The second-order valence-electron chi connectivity index (χ2n) is 4.90. The Morgan fingerprint density at radius 1 is 1.47 bits per heavy atom. The minimum Gasteiger partial charge on any atom is -0.310 e. The molecule has 3 rings (SSSR count). The molecule has 2 heterocycles. The van der Waals surface area contributed by atoms with Crippen molar-refractivity contribution in [3.05, 3.63) is 44.0 Å². The molecular weight excluding hydrogens is 260 g/mol. The molecule has 0 saturated heterocycles. The number of rotatable bonds is 5. The van der Waals surface area contributed by atoms with E-state index >= 15 is 0 Å². The van der Waals surface area contributed by atoms with Crippen LogP contribution in [-0.2, 0) is 13.0 Å². The number of aromatic nitrogens is 3. The maximum atomic E-state index is 11.6. The Bertz CT molecular complexity index is 630. The van der Waals surface area contributed by atoms with Gasteiger partial charge in [0, 0.05) is 29.7 Å². The van der Waals surface area contributed by atoms with E-state index in [1.807, 2.05) is 12.3 Å². The van der Waals surface area contributed by atoms with E-state index in [0.717, 1.165) is 16.4 Å². The predicted molar refractivity (Wildman–Crippen MR) is 74.4 cm³/mol. The number of aryl methyl sites for hydroxylation is 1. The lowest BCUT2D eigenvalue weighted by Crippen LogP contribution is -2.20. The van der Waals surface area contributed by atoms with Gasteiger partial charge in [0.15, 0.2) is 0 Å². The van der Waals surface area contributed by atoms with Gasteiger partial charge in [0.2, 0.25) is 0 Å². The lowest BCUT2D eigenvalue weighted by atomic mass is 10.3. The molecule has 6 heteroatoms. The van der Waals surface area contributed by atoms with Crippen molar-refractivity contribution in [3.8, 4) is 0 Å². The summed E-state index contributed by atoms with van der Waals surface area (Å²) in [5.41, 5.74) is 1.72. The van der Waals surface area contributed by atoms with Crippen LogP contribution in [0.1, 0.15) is 35.1 Å². The molecule has 1 aliphatic rings. The average Bonchev–Trinajstić information content (AvgIpc) is 3.10. The van der Waals surface area contributed by atoms with Crippen molar-refractivity contribution in [3.63, 3.8) is 0 Å². The molecule has 1 fully saturated rings. The van der Waals surface area contributed by atoms with E-state index in [-0.39, 0.29) is 5.56 Å². The molecule has 0 spiro atoms. The van der Waals surface area contributed by atoms with Gasteiger partial charge < -0.3 is 10.3 Å². The molecule has 1 saturated carbocycles. The molecule has 0 aliphatic heterocycles. The van der Waals surface area contributed by atoms with E-state index in [1.165, 1.54) is 12.8 Å². The third-order valence-corrected chi connectivity index (χ3v) is 3.94. The number of hydrogen-bond acceptors (Lipinski definition) is 5. The van der Waals surface area contributed by atoms with Crippen molar-refractivity contribution in [2.24, 2.45) is 0 Å². The quantitative estimate of drug-likeness (QED) is 0.865. The number of nitrogens with one attached hydrogen (secondary N) is 2. The second-order valence-corrected chi connectivity index (χ2v) is 5.84. The van der Waals surface area contributed by atoms with E-state index in [0.29, 0.717) is 24.8 Å². The highest BCUT2D eigenvalue weighted by atomic mass is 32.1. The van der Waals surface area contributed by atoms with E-state index in [2.05, 4.69) is 20.3 Å². The Kier molecular flexibility index (Phi) is 3.44. The number of thiazole rings is 1. The molecular formula is C13H16N4OS. The summed E-state index contributed by atoms with van der Waals surface area (Å²) in [6.45, 7) is 2.63. The SMILES string of the molecule is Cc1csc(Cc2nc(CNC3CC3)cc(=O)[nH]2)n1. The standard InChI is InChI=1S/C13H16N4OS/c1-8-7-19-13(15-8)5-11-16-10(4-12(18)17-11)6-14-9-2-3-9/h4,7,9,14H,2-3,5-6H2,1H3,(H,16,17,18). The van der Waals surface area contributed by atoms with Gasteiger partial charge in [-0.1, -0.05) is 0 Å². The number of aromatic amines is 1. The molecule has 0 radical (unpaired) electrons.